The SMILES string of the molecule is IN1CC2CCCCCC3CCCCCCC1C32. The molecule has 2 saturated carbocycles. The highest BCUT2D eigenvalue weighted by Gasteiger charge is 2.44. The second kappa shape index (κ2) is 6.43. The summed E-state index contributed by atoms with van der Waals surface area (Å²) in [5.74, 6) is 3.16. The molecule has 1 saturated heterocycles. The Bertz CT molecular complexity index is 268. The minimum Gasteiger partial charge on any atom is -0.244 e. The number of nitrogens with zero attached hydrogens (tertiary/aromatic N) is 1. The van der Waals surface area contributed by atoms with Gasteiger partial charge in [-0.15, -0.1) is 0 Å². The van der Waals surface area contributed by atoms with Gasteiger partial charge in [-0.25, -0.2) is 3.11 Å². The summed E-state index contributed by atoms with van der Waals surface area (Å²) in [7, 11) is 0. The lowest BCUT2D eigenvalue weighted by Gasteiger charge is -2.34. The van der Waals surface area contributed by atoms with Crippen LogP contribution in [0.4, 0.5) is 0 Å². The van der Waals surface area contributed by atoms with Crippen molar-refractivity contribution in [1.29, 1.82) is 0 Å². The van der Waals surface area contributed by atoms with Crippen LogP contribution in [0, 0.1) is 17.8 Å². The Morgan fingerprint density at radius 1 is 0.667 bits per heavy atom. The Labute approximate surface area is 127 Å². The third-order valence-corrected chi connectivity index (χ3v) is 6.89. The first-order chi connectivity index (χ1) is 8.86. The van der Waals surface area contributed by atoms with Gasteiger partial charge < -0.3 is 0 Å². The molecule has 0 radical (unpaired) electrons. The summed E-state index contributed by atoms with van der Waals surface area (Å²) in [4.78, 5) is 0. The summed E-state index contributed by atoms with van der Waals surface area (Å²) in [5, 5.41) is 0. The zero-order valence-electron chi connectivity index (χ0n) is 11.6. The predicted octanol–water partition coefficient (Wildman–Crippen LogP) is 5.19. The van der Waals surface area contributed by atoms with E-state index in [2.05, 4.69) is 26.0 Å². The van der Waals surface area contributed by atoms with Gasteiger partial charge in [0.15, 0.2) is 0 Å². The van der Waals surface area contributed by atoms with E-state index in [1.165, 1.54) is 64.3 Å². The lowest BCUT2D eigenvalue weighted by molar-refractivity contribution is 0.177. The molecule has 3 aliphatic rings. The third-order valence-electron chi connectivity index (χ3n) is 5.78. The van der Waals surface area contributed by atoms with Gasteiger partial charge in [0.1, 0.15) is 0 Å². The van der Waals surface area contributed by atoms with Crippen molar-refractivity contribution in [3.63, 3.8) is 0 Å². The van der Waals surface area contributed by atoms with E-state index in [4.69, 9.17) is 0 Å². The van der Waals surface area contributed by atoms with Crippen LogP contribution in [0.2, 0.25) is 0 Å². The number of hydrogen-bond acceptors (Lipinski definition) is 1. The monoisotopic (exact) mass is 361 g/mol. The molecule has 1 aliphatic heterocycles. The van der Waals surface area contributed by atoms with Crippen LogP contribution in [0.1, 0.15) is 70.6 Å². The second-order valence-corrected chi connectivity index (χ2v) is 8.12. The molecule has 2 aliphatic carbocycles. The Morgan fingerprint density at radius 3 is 1.94 bits per heavy atom. The quantitative estimate of drug-likeness (QED) is 0.424. The maximum Gasteiger partial charge on any atom is 0.0228 e. The molecule has 0 amide bonds. The Kier molecular flexibility index (Phi) is 4.88. The lowest BCUT2D eigenvalue weighted by atomic mass is 9.71. The summed E-state index contributed by atoms with van der Waals surface area (Å²) in [6.07, 6.45) is 16.6. The molecule has 0 aromatic heterocycles. The van der Waals surface area contributed by atoms with E-state index in [1.807, 2.05) is 0 Å². The van der Waals surface area contributed by atoms with Gasteiger partial charge in [0.05, 0.1) is 0 Å². The molecule has 18 heavy (non-hydrogen) atoms. The molecule has 1 nitrogen and oxygen atoms in total. The topological polar surface area (TPSA) is 3.24 Å². The van der Waals surface area contributed by atoms with Gasteiger partial charge in [-0.1, -0.05) is 57.8 Å². The first kappa shape index (κ1) is 13.7. The average molecular weight is 361 g/mol. The molecule has 0 bridgehead atoms. The fourth-order valence-electron chi connectivity index (χ4n) is 4.93. The molecular formula is C16H28IN. The van der Waals surface area contributed by atoms with Gasteiger partial charge in [-0.2, -0.15) is 0 Å². The maximum absolute atomic E-state index is 2.71. The van der Waals surface area contributed by atoms with Gasteiger partial charge in [0.2, 0.25) is 0 Å². The molecule has 0 aromatic rings. The highest BCUT2D eigenvalue weighted by Crippen LogP contribution is 2.47. The number of rotatable bonds is 0. The normalized spacial score (nSPS) is 43.2. The standard InChI is InChI=1S/C16H28IN/c17-18-12-14-10-6-3-5-9-13-8-4-1-2-7-11-15(18)16(13)14/h13-16H,1-12H2. The fraction of sp³-hybridized carbons (Fsp3) is 1.00. The minimum atomic E-state index is 0.928. The Hall–Kier alpha value is 0.690. The summed E-state index contributed by atoms with van der Waals surface area (Å²) >= 11 is 2.64. The van der Waals surface area contributed by atoms with Crippen molar-refractivity contribution in [3.8, 4) is 0 Å². The highest BCUT2D eigenvalue weighted by molar-refractivity contribution is 14.1. The second-order valence-electron chi connectivity index (χ2n) is 6.88. The van der Waals surface area contributed by atoms with E-state index < -0.39 is 0 Å². The van der Waals surface area contributed by atoms with Crippen LogP contribution in [0.3, 0.4) is 0 Å². The number of hydrogen-bond donors (Lipinski definition) is 0. The smallest absolute Gasteiger partial charge is 0.0228 e. The van der Waals surface area contributed by atoms with Crippen molar-refractivity contribution < 1.29 is 0 Å². The molecule has 3 rings (SSSR count). The molecule has 2 heteroatoms. The summed E-state index contributed by atoms with van der Waals surface area (Å²) < 4.78 is 2.71. The van der Waals surface area contributed by atoms with Crippen LogP contribution >= 0.6 is 22.9 Å². The fourth-order valence-corrected chi connectivity index (χ4v) is 6.09. The summed E-state index contributed by atoms with van der Waals surface area (Å²) in [6, 6.07) is 0.928. The predicted molar refractivity (Wildman–Crippen MR) is 85.8 cm³/mol. The van der Waals surface area contributed by atoms with Gasteiger partial charge >= 0.3 is 0 Å². The van der Waals surface area contributed by atoms with Crippen LogP contribution in [0.15, 0.2) is 0 Å². The van der Waals surface area contributed by atoms with E-state index in [9.17, 15) is 0 Å². The number of halogens is 1. The van der Waals surface area contributed by atoms with Crippen molar-refractivity contribution in [3.05, 3.63) is 0 Å². The minimum absolute atomic E-state index is 0.928. The van der Waals surface area contributed by atoms with E-state index in [1.54, 1.807) is 12.8 Å². The zero-order chi connectivity index (χ0) is 12.4. The Morgan fingerprint density at radius 2 is 1.22 bits per heavy atom. The molecule has 4 atom stereocenters. The van der Waals surface area contributed by atoms with E-state index >= 15 is 0 Å². The zero-order valence-corrected chi connectivity index (χ0v) is 13.8. The van der Waals surface area contributed by atoms with Crippen molar-refractivity contribution >= 4 is 22.9 Å². The third kappa shape index (κ3) is 2.89. The molecule has 3 fully saturated rings. The molecule has 0 N–H and O–H groups in total. The average Bonchev–Trinajstić information content (AvgIpc) is 2.67. The van der Waals surface area contributed by atoms with Crippen molar-refractivity contribution in [1.82, 2.24) is 3.11 Å². The van der Waals surface area contributed by atoms with E-state index in [0.29, 0.717) is 0 Å². The largest absolute Gasteiger partial charge is 0.244 e. The summed E-state index contributed by atoms with van der Waals surface area (Å²) in [6.45, 7) is 1.40. The summed E-state index contributed by atoms with van der Waals surface area (Å²) in [5.41, 5.74) is 0. The van der Waals surface area contributed by atoms with Crippen molar-refractivity contribution in [2.45, 2.75) is 76.7 Å². The van der Waals surface area contributed by atoms with Gasteiger partial charge in [0.25, 0.3) is 0 Å². The molecule has 4 unspecified atom stereocenters. The molecule has 0 aromatic carbocycles. The first-order valence-corrected chi connectivity index (χ1v) is 9.25. The lowest BCUT2D eigenvalue weighted by Crippen LogP contribution is -2.32. The van der Waals surface area contributed by atoms with Gasteiger partial charge in [-0.3, -0.25) is 0 Å². The van der Waals surface area contributed by atoms with Crippen LogP contribution in [-0.2, 0) is 0 Å². The first-order valence-electron chi connectivity index (χ1n) is 8.28. The Balaban J connectivity index is 1.81. The molecule has 104 valence electrons. The van der Waals surface area contributed by atoms with Crippen LogP contribution in [0.5, 0.6) is 0 Å². The van der Waals surface area contributed by atoms with Crippen molar-refractivity contribution in [2.24, 2.45) is 17.8 Å². The molecular weight excluding hydrogens is 333 g/mol. The van der Waals surface area contributed by atoms with Gasteiger partial charge in [0, 0.05) is 35.5 Å². The van der Waals surface area contributed by atoms with Crippen molar-refractivity contribution in [2.75, 3.05) is 6.54 Å². The van der Waals surface area contributed by atoms with Gasteiger partial charge in [-0.05, 0) is 30.6 Å². The van der Waals surface area contributed by atoms with E-state index in [0.717, 1.165) is 23.8 Å². The maximum atomic E-state index is 2.71. The van der Waals surface area contributed by atoms with E-state index in [-0.39, 0.29) is 0 Å². The van der Waals surface area contributed by atoms with Crippen LogP contribution < -0.4 is 0 Å². The molecule has 0 spiro atoms. The van der Waals surface area contributed by atoms with Crippen LogP contribution in [0.25, 0.3) is 0 Å². The van der Waals surface area contributed by atoms with Crippen LogP contribution in [-0.4, -0.2) is 15.7 Å². The highest BCUT2D eigenvalue weighted by atomic mass is 127. The molecule has 1 heterocycles.